The molecule has 3 N–H and O–H groups in total. The number of benzene rings is 1. The Kier molecular flexibility index (Phi) is 5.68. The zero-order valence-corrected chi connectivity index (χ0v) is 14.8. The molecule has 0 bridgehead atoms. The molecule has 126 valence electrons. The highest BCUT2D eigenvalue weighted by Gasteiger charge is 2.34. The van der Waals surface area contributed by atoms with Gasteiger partial charge in [0.15, 0.2) is 5.82 Å². The van der Waals surface area contributed by atoms with Crippen LogP contribution in [0, 0.1) is 6.92 Å². The Bertz CT molecular complexity index is 679. The van der Waals surface area contributed by atoms with E-state index in [0.717, 1.165) is 35.7 Å². The summed E-state index contributed by atoms with van der Waals surface area (Å²) in [7, 11) is 0. The molecular weight excluding hydrogens is 335 g/mol. The lowest BCUT2D eigenvalue weighted by Crippen LogP contribution is -2.28. The van der Waals surface area contributed by atoms with Gasteiger partial charge in [-0.05, 0) is 43.5 Å². The Morgan fingerprint density at radius 2 is 2.13 bits per heavy atom. The van der Waals surface area contributed by atoms with Gasteiger partial charge in [-0.15, -0.1) is 12.4 Å². The van der Waals surface area contributed by atoms with Crippen molar-refractivity contribution in [1.82, 2.24) is 14.8 Å². The molecular formula is C16H22Cl2N4O. The summed E-state index contributed by atoms with van der Waals surface area (Å²) < 4.78 is 1.89. The van der Waals surface area contributed by atoms with Gasteiger partial charge >= 0.3 is 0 Å². The summed E-state index contributed by atoms with van der Waals surface area (Å²) >= 11 is 6.05. The van der Waals surface area contributed by atoms with Gasteiger partial charge in [0.1, 0.15) is 5.82 Å². The molecule has 0 spiro atoms. The van der Waals surface area contributed by atoms with Crippen LogP contribution in [0.3, 0.4) is 0 Å². The molecule has 0 saturated heterocycles. The second kappa shape index (κ2) is 7.18. The van der Waals surface area contributed by atoms with E-state index in [1.54, 1.807) is 0 Å². The number of hydrogen-bond acceptors (Lipinski definition) is 4. The third-order valence-electron chi connectivity index (χ3n) is 4.32. The summed E-state index contributed by atoms with van der Waals surface area (Å²) in [4.78, 5) is 4.67. The summed E-state index contributed by atoms with van der Waals surface area (Å²) in [6, 6.07) is 5.55. The minimum atomic E-state index is -0.466. The lowest BCUT2D eigenvalue weighted by Gasteiger charge is -2.13. The summed E-state index contributed by atoms with van der Waals surface area (Å²) in [5.41, 5.74) is 7.98. The van der Waals surface area contributed by atoms with E-state index in [1.165, 1.54) is 0 Å². The van der Waals surface area contributed by atoms with Gasteiger partial charge in [0.2, 0.25) is 0 Å². The Balaban J connectivity index is 0.00000192. The van der Waals surface area contributed by atoms with Crippen LogP contribution in [-0.4, -0.2) is 32.0 Å². The maximum atomic E-state index is 9.95. The van der Waals surface area contributed by atoms with E-state index in [9.17, 15) is 5.11 Å². The lowest BCUT2D eigenvalue weighted by atomic mass is 10.1. The number of halogens is 2. The lowest BCUT2D eigenvalue weighted by molar-refractivity contribution is 0.163. The van der Waals surface area contributed by atoms with Crippen LogP contribution in [0.5, 0.6) is 0 Å². The van der Waals surface area contributed by atoms with Crippen LogP contribution in [-0.2, 0) is 6.42 Å². The van der Waals surface area contributed by atoms with Gasteiger partial charge in [-0.3, -0.25) is 0 Å². The van der Waals surface area contributed by atoms with Crippen molar-refractivity contribution < 1.29 is 5.11 Å². The van der Waals surface area contributed by atoms with Crippen molar-refractivity contribution in [3.8, 4) is 5.69 Å². The number of rotatable bonds is 3. The average Bonchev–Trinajstić information content (AvgIpc) is 3.03. The van der Waals surface area contributed by atoms with Gasteiger partial charge in [-0.1, -0.05) is 18.5 Å². The fraction of sp³-hybridized carbons (Fsp3) is 0.500. The van der Waals surface area contributed by atoms with E-state index in [-0.39, 0.29) is 24.4 Å². The average molecular weight is 357 g/mol. The molecule has 1 aromatic heterocycles. The van der Waals surface area contributed by atoms with E-state index < -0.39 is 6.10 Å². The SMILES string of the molecule is CCc1nc([C@H]2C[C@@H](N)[C@H](O)C2)n(-c2ccc(Cl)cc2C)n1.Cl. The van der Waals surface area contributed by atoms with Crippen molar-refractivity contribution in [1.29, 1.82) is 0 Å². The topological polar surface area (TPSA) is 77.0 Å². The Hall–Kier alpha value is -1.14. The molecule has 1 aliphatic rings. The first kappa shape index (κ1) is 18.2. The maximum Gasteiger partial charge on any atom is 0.151 e. The van der Waals surface area contributed by atoms with E-state index in [4.69, 9.17) is 17.3 Å². The molecule has 0 unspecified atom stereocenters. The van der Waals surface area contributed by atoms with Crippen LogP contribution >= 0.6 is 24.0 Å². The minimum Gasteiger partial charge on any atom is -0.391 e. The predicted octanol–water partition coefficient (Wildman–Crippen LogP) is 2.78. The number of hydrogen-bond donors (Lipinski definition) is 2. The number of aryl methyl sites for hydroxylation is 2. The molecule has 3 rings (SSSR count). The summed E-state index contributed by atoms with van der Waals surface area (Å²) in [6.07, 6.45) is 1.67. The largest absolute Gasteiger partial charge is 0.391 e. The molecule has 0 amide bonds. The molecule has 0 radical (unpaired) electrons. The van der Waals surface area contributed by atoms with Gasteiger partial charge in [-0.2, -0.15) is 5.10 Å². The fourth-order valence-electron chi connectivity index (χ4n) is 3.08. The van der Waals surface area contributed by atoms with E-state index in [2.05, 4.69) is 10.1 Å². The first-order valence-electron chi connectivity index (χ1n) is 7.65. The standard InChI is InChI=1S/C16H21ClN4O.ClH/c1-3-15-19-16(10-7-12(18)14(22)8-10)21(20-15)13-5-4-11(17)6-9(13)2;/h4-6,10,12,14,22H,3,7-8,18H2,1-2H3;1H/t10-,12+,14+;/m0./s1. The third-order valence-corrected chi connectivity index (χ3v) is 4.56. The Morgan fingerprint density at radius 1 is 1.39 bits per heavy atom. The van der Waals surface area contributed by atoms with E-state index in [0.29, 0.717) is 11.4 Å². The molecule has 1 saturated carbocycles. The van der Waals surface area contributed by atoms with Crippen molar-refractivity contribution in [2.24, 2.45) is 5.73 Å². The van der Waals surface area contributed by atoms with Crippen molar-refractivity contribution in [2.45, 2.75) is 51.2 Å². The highest BCUT2D eigenvalue weighted by atomic mass is 35.5. The first-order valence-corrected chi connectivity index (χ1v) is 8.03. The van der Waals surface area contributed by atoms with Crippen molar-refractivity contribution >= 4 is 24.0 Å². The Labute approximate surface area is 147 Å². The van der Waals surface area contributed by atoms with E-state index >= 15 is 0 Å². The predicted molar refractivity (Wildman–Crippen MR) is 93.7 cm³/mol. The second-order valence-electron chi connectivity index (χ2n) is 5.98. The molecule has 1 fully saturated rings. The molecule has 1 aromatic carbocycles. The Morgan fingerprint density at radius 3 is 2.70 bits per heavy atom. The zero-order chi connectivity index (χ0) is 15.9. The summed E-state index contributed by atoms with van der Waals surface area (Å²) in [5, 5.41) is 15.3. The van der Waals surface area contributed by atoms with E-state index in [1.807, 2.05) is 36.7 Å². The number of nitrogens with zero attached hydrogens (tertiary/aromatic N) is 3. The molecule has 2 aromatic rings. The smallest absolute Gasteiger partial charge is 0.151 e. The van der Waals surface area contributed by atoms with Gasteiger partial charge < -0.3 is 10.8 Å². The normalized spacial score (nSPS) is 23.8. The number of nitrogens with two attached hydrogens (primary N) is 1. The highest BCUT2D eigenvalue weighted by Crippen LogP contribution is 2.34. The summed E-state index contributed by atoms with van der Waals surface area (Å²) in [5.74, 6) is 1.82. The second-order valence-corrected chi connectivity index (χ2v) is 6.42. The quantitative estimate of drug-likeness (QED) is 0.886. The minimum absolute atomic E-state index is 0. The molecule has 1 heterocycles. The first-order chi connectivity index (χ1) is 10.5. The fourth-order valence-corrected chi connectivity index (χ4v) is 3.30. The molecule has 7 heteroatoms. The number of aliphatic hydroxyl groups is 1. The van der Waals surface area contributed by atoms with Gasteiger partial charge in [0.25, 0.3) is 0 Å². The molecule has 0 aliphatic heterocycles. The van der Waals surface area contributed by atoms with Crippen LogP contribution in [0.4, 0.5) is 0 Å². The highest BCUT2D eigenvalue weighted by molar-refractivity contribution is 6.30. The van der Waals surface area contributed by atoms with Crippen molar-refractivity contribution in [2.75, 3.05) is 0 Å². The maximum absolute atomic E-state index is 9.95. The molecule has 5 nitrogen and oxygen atoms in total. The van der Waals surface area contributed by atoms with Crippen LogP contribution in [0.15, 0.2) is 18.2 Å². The third kappa shape index (κ3) is 3.53. The van der Waals surface area contributed by atoms with Crippen LogP contribution in [0.1, 0.15) is 42.9 Å². The molecule has 23 heavy (non-hydrogen) atoms. The van der Waals surface area contributed by atoms with Crippen LogP contribution < -0.4 is 5.73 Å². The van der Waals surface area contributed by atoms with Crippen LogP contribution in [0.25, 0.3) is 5.69 Å². The number of aliphatic hydroxyl groups excluding tert-OH is 1. The van der Waals surface area contributed by atoms with Crippen LogP contribution in [0.2, 0.25) is 5.02 Å². The van der Waals surface area contributed by atoms with Gasteiger partial charge in [0, 0.05) is 23.4 Å². The molecule has 1 aliphatic carbocycles. The van der Waals surface area contributed by atoms with Crippen molar-refractivity contribution in [3.05, 3.63) is 40.4 Å². The van der Waals surface area contributed by atoms with Crippen molar-refractivity contribution in [3.63, 3.8) is 0 Å². The summed E-state index contributed by atoms with van der Waals surface area (Å²) in [6.45, 7) is 4.04. The van der Waals surface area contributed by atoms with Gasteiger partial charge in [0.05, 0.1) is 11.8 Å². The monoisotopic (exact) mass is 356 g/mol. The zero-order valence-electron chi connectivity index (χ0n) is 13.2. The van der Waals surface area contributed by atoms with Gasteiger partial charge in [-0.25, -0.2) is 9.67 Å². The number of aromatic nitrogens is 3. The molecule has 3 atom stereocenters.